The van der Waals surface area contributed by atoms with Gasteiger partial charge >= 0.3 is 12.2 Å². The second-order valence-electron chi connectivity index (χ2n) is 8.49. The minimum absolute atomic E-state index is 0.00370. The van der Waals surface area contributed by atoms with E-state index in [4.69, 9.17) is 4.74 Å². The van der Waals surface area contributed by atoms with Crippen molar-refractivity contribution in [2.24, 2.45) is 0 Å². The van der Waals surface area contributed by atoms with Gasteiger partial charge in [0.05, 0.1) is 35.5 Å². The molecule has 1 saturated heterocycles. The van der Waals surface area contributed by atoms with Crippen LogP contribution in [0, 0.1) is 0 Å². The van der Waals surface area contributed by atoms with Crippen molar-refractivity contribution >= 4 is 17.8 Å². The molecule has 4 amide bonds. The first-order valence-corrected chi connectivity index (χ1v) is 11.4. The summed E-state index contributed by atoms with van der Waals surface area (Å²) in [6.07, 6.45) is -2.77. The Morgan fingerprint density at radius 1 is 1.26 bits per heavy atom. The van der Waals surface area contributed by atoms with Crippen LogP contribution in [0.2, 0.25) is 0 Å². The summed E-state index contributed by atoms with van der Waals surface area (Å²) < 4.78 is 46.5. The third-order valence-electron chi connectivity index (χ3n) is 6.35. The van der Waals surface area contributed by atoms with Crippen LogP contribution in [0.1, 0.15) is 43.4 Å². The highest BCUT2D eigenvalue weighted by atomic mass is 19.4. The van der Waals surface area contributed by atoms with Gasteiger partial charge in [0, 0.05) is 32.7 Å². The average molecular weight is 480 g/mol. The maximum atomic E-state index is 13.7. The predicted molar refractivity (Wildman–Crippen MR) is 115 cm³/mol. The first-order chi connectivity index (χ1) is 16.2. The number of rotatable bonds is 7. The Morgan fingerprint density at radius 2 is 2.03 bits per heavy atom. The number of carbonyl (C=O) groups is 3. The van der Waals surface area contributed by atoms with Crippen molar-refractivity contribution in [1.82, 2.24) is 20.4 Å². The number of benzene rings is 1. The lowest BCUT2D eigenvalue weighted by Crippen LogP contribution is -2.47. The average Bonchev–Trinajstić information content (AvgIpc) is 3.43. The molecular formula is C23H27F3N4O4. The molecule has 1 aromatic rings. The van der Waals surface area contributed by atoms with Crippen molar-refractivity contribution in [3.05, 3.63) is 46.7 Å². The third-order valence-corrected chi connectivity index (χ3v) is 6.35. The lowest BCUT2D eigenvalue weighted by molar-refractivity contribution is -0.138. The van der Waals surface area contributed by atoms with E-state index in [-0.39, 0.29) is 49.2 Å². The summed E-state index contributed by atoms with van der Waals surface area (Å²) in [6.45, 7) is 3.20. The Hall–Kier alpha value is -3.08. The summed E-state index contributed by atoms with van der Waals surface area (Å²) in [4.78, 5) is 41.0. The number of nitrogens with one attached hydrogen (secondary N) is 2. The van der Waals surface area contributed by atoms with Gasteiger partial charge in [0.25, 0.3) is 5.91 Å². The number of urea groups is 1. The minimum Gasteiger partial charge on any atom is -0.376 e. The van der Waals surface area contributed by atoms with Crippen molar-refractivity contribution in [2.75, 3.05) is 32.8 Å². The van der Waals surface area contributed by atoms with E-state index in [1.54, 1.807) is 6.92 Å². The van der Waals surface area contributed by atoms with Crippen LogP contribution in [0.4, 0.5) is 18.0 Å². The van der Waals surface area contributed by atoms with Gasteiger partial charge in [-0.25, -0.2) is 4.79 Å². The molecule has 0 bridgehead atoms. The fourth-order valence-electron chi connectivity index (χ4n) is 4.66. The molecule has 184 valence electrons. The first kappa shape index (κ1) is 24.1. The molecule has 0 saturated carbocycles. The Labute approximate surface area is 195 Å². The molecule has 8 nitrogen and oxygen atoms in total. The van der Waals surface area contributed by atoms with E-state index < -0.39 is 29.7 Å². The summed E-state index contributed by atoms with van der Waals surface area (Å²) in [5.41, 5.74) is -0.608. The second kappa shape index (κ2) is 9.65. The SMILES string of the molecule is CCN1C(=O)NC(c2ccccc2C(F)(F)F)C2=C1CN(CCC(=O)NCC1CCCO1)C2=O. The number of ether oxygens (including phenoxy) is 1. The van der Waals surface area contributed by atoms with Crippen LogP contribution in [-0.4, -0.2) is 66.5 Å². The number of hydrogen-bond acceptors (Lipinski definition) is 4. The maximum absolute atomic E-state index is 13.7. The summed E-state index contributed by atoms with van der Waals surface area (Å²) in [6, 6.07) is 3.13. The monoisotopic (exact) mass is 480 g/mol. The Morgan fingerprint density at radius 3 is 2.71 bits per heavy atom. The van der Waals surface area contributed by atoms with Crippen molar-refractivity contribution in [3.63, 3.8) is 0 Å². The highest BCUT2D eigenvalue weighted by Crippen LogP contribution is 2.41. The molecule has 1 aromatic carbocycles. The van der Waals surface area contributed by atoms with Gasteiger partial charge in [-0.2, -0.15) is 13.2 Å². The number of alkyl halides is 3. The van der Waals surface area contributed by atoms with E-state index in [1.165, 1.54) is 28.0 Å². The van der Waals surface area contributed by atoms with Crippen LogP contribution >= 0.6 is 0 Å². The molecule has 4 rings (SSSR count). The molecule has 1 fully saturated rings. The van der Waals surface area contributed by atoms with Crippen LogP contribution in [0.15, 0.2) is 35.5 Å². The molecule has 2 unspecified atom stereocenters. The highest BCUT2D eigenvalue weighted by molar-refractivity contribution is 6.01. The van der Waals surface area contributed by atoms with Crippen molar-refractivity contribution in [3.8, 4) is 0 Å². The Balaban J connectivity index is 1.52. The fraction of sp³-hybridized carbons (Fsp3) is 0.522. The van der Waals surface area contributed by atoms with Crippen LogP contribution in [0.3, 0.4) is 0 Å². The molecule has 34 heavy (non-hydrogen) atoms. The van der Waals surface area contributed by atoms with Crippen LogP contribution in [0.25, 0.3) is 0 Å². The van der Waals surface area contributed by atoms with Gasteiger partial charge in [-0.1, -0.05) is 18.2 Å². The van der Waals surface area contributed by atoms with Gasteiger partial charge in [-0.3, -0.25) is 14.5 Å². The molecule has 0 radical (unpaired) electrons. The molecule has 2 atom stereocenters. The zero-order valence-corrected chi connectivity index (χ0v) is 18.8. The van der Waals surface area contributed by atoms with E-state index in [0.717, 1.165) is 18.9 Å². The molecule has 3 aliphatic heterocycles. The van der Waals surface area contributed by atoms with Crippen LogP contribution < -0.4 is 10.6 Å². The van der Waals surface area contributed by atoms with Crippen molar-refractivity contribution in [2.45, 2.75) is 44.5 Å². The highest BCUT2D eigenvalue weighted by Gasteiger charge is 2.46. The minimum atomic E-state index is -4.65. The van der Waals surface area contributed by atoms with E-state index in [9.17, 15) is 27.6 Å². The van der Waals surface area contributed by atoms with E-state index in [0.29, 0.717) is 18.8 Å². The van der Waals surface area contributed by atoms with Gasteiger partial charge < -0.3 is 20.3 Å². The molecule has 3 heterocycles. The van der Waals surface area contributed by atoms with Crippen molar-refractivity contribution < 1.29 is 32.3 Å². The Bertz CT molecular complexity index is 1000. The van der Waals surface area contributed by atoms with Crippen LogP contribution in [-0.2, 0) is 20.5 Å². The topological polar surface area (TPSA) is 91.0 Å². The smallest absolute Gasteiger partial charge is 0.376 e. The number of carbonyl (C=O) groups excluding carboxylic acids is 3. The maximum Gasteiger partial charge on any atom is 0.416 e. The second-order valence-corrected chi connectivity index (χ2v) is 8.49. The molecular weight excluding hydrogens is 453 g/mol. The zero-order valence-electron chi connectivity index (χ0n) is 18.8. The number of nitrogens with zero attached hydrogens (tertiary/aromatic N) is 2. The number of halogens is 3. The summed E-state index contributed by atoms with van der Waals surface area (Å²) in [5.74, 6) is -0.726. The molecule has 0 aliphatic carbocycles. The van der Waals surface area contributed by atoms with E-state index in [1.807, 2.05) is 0 Å². The molecule has 3 aliphatic rings. The van der Waals surface area contributed by atoms with Crippen LogP contribution in [0.5, 0.6) is 0 Å². The number of likely N-dealkylation sites (N-methyl/N-ethyl adjacent to an activating group) is 1. The van der Waals surface area contributed by atoms with E-state index in [2.05, 4.69) is 10.6 Å². The van der Waals surface area contributed by atoms with Gasteiger partial charge in [0.15, 0.2) is 0 Å². The Kier molecular flexibility index (Phi) is 6.83. The quantitative estimate of drug-likeness (QED) is 0.628. The summed E-state index contributed by atoms with van der Waals surface area (Å²) in [7, 11) is 0. The molecule has 0 aromatic heterocycles. The van der Waals surface area contributed by atoms with Gasteiger partial charge in [-0.05, 0) is 31.4 Å². The zero-order chi connectivity index (χ0) is 24.5. The third kappa shape index (κ3) is 4.75. The fourth-order valence-corrected chi connectivity index (χ4v) is 4.66. The lowest BCUT2D eigenvalue weighted by Gasteiger charge is -2.33. The van der Waals surface area contributed by atoms with Crippen molar-refractivity contribution in [1.29, 1.82) is 0 Å². The molecule has 2 N–H and O–H groups in total. The lowest BCUT2D eigenvalue weighted by atomic mass is 9.91. The summed E-state index contributed by atoms with van der Waals surface area (Å²) >= 11 is 0. The largest absolute Gasteiger partial charge is 0.416 e. The first-order valence-electron chi connectivity index (χ1n) is 11.4. The van der Waals surface area contributed by atoms with Gasteiger partial charge in [-0.15, -0.1) is 0 Å². The van der Waals surface area contributed by atoms with Gasteiger partial charge in [0.1, 0.15) is 0 Å². The van der Waals surface area contributed by atoms with E-state index >= 15 is 0 Å². The predicted octanol–water partition coefficient (Wildman–Crippen LogP) is 2.57. The number of amides is 4. The normalized spacial score (nSPS) is 22.8. The standard InChI is InChI=1S/C23H27F3N4O4/c1-2-30-17-13-29(10-9-18(31)27-12-14-6-5-11-34-14)21(32)19(17)20(28-22(30)33)15-7-3-4-8-16(15)23(24,25)26/h3-4,7-8,14,20H,2,5-6,9-13H2,1H3,(H,27,31)(H,28,33). The van der Waals surface area contributed by atoms with Gasteiger partial charge in [0.2, 0.25) is 5.91 Å². The number of hydrogen-bond donors (Lipinski definition) is 2. The summed E-state index contributed by atoms with van der Waals surface area (Å²) in [5, 5.41) is 5.37. The molecule has 0 spiro atoms. The molecule has 11 heteroatoms.